The van der Waals surface area contributed by atoms with E-state index >= 15 is 0 Å². The fraction of sp³-hybridized carbons (Fsp3) is 0.190. The monoisotopic (exact) mass is 337 g/mol. The summed E-state index contributed by atoms with van der Waals surface area (Å²) in [6.45, 7) is 2.13. The summed E-state index contributed by atoms with van der Waals surface area (Å²) in [5.74, 6) is 0.301. The third-order valence-corrected chi connectivity index (χ3v) is 4.33. The van der Waals surface area contributed by atoms with Crippen molar-refractivity contribution in [2.75, 3.05) is 0 Å². The maximum Gasteiger partial charge on any atom is 0.121 e. The summed E-state index contributed by atoms with van der Waals surface area (Å²) in [4.78, 5) is 4.76. The van der Waals surface area contributed by atoms with Gasteiger partial charge in [0.25, 0.3) is 0 Å². The summed E-state index contributed by atoms with van der Waals surface area (Å²) in [5.41, 5.74) is 1.86. The molecule has 0 aliphatic heterocycles. The molecule has 2 nitrogen and oxygen atoms in total. The van der Waals surface area contributed by atoms with E-state index in [-0.39, 0.29) is 6.04 Å². The minimum Gasteiger partial charge on any atom is -0.508 e. The van der Waals surface area contributed by atoms with Crippen LogP contribution in [0.2, 0.25) is 5.02 Å². The third kappa shape index (κ3) is 3.60. The van der Waals surface area contributed by atoms with Gasteiger partial charge in [-0.1, -0.05) is 67.4 Å². The largest absolute Gasteiger partial charge is 0.508 e. The van der Waals surface area contributed by atoms with Crippen molar-refractivity contribution < 1.29 is 5.11 Å². The fourth-order valence-corrected chi connectivity index (χ4v) is 3.16. The minimum absolute atomic E-state index is 0.0833. The molecule has 0 saturated heterocycles. The first-order valence-electron chi connectivity index (χ1n) is 8.18. The highest BCUT2D eigenvalue weighted by Gasteiger charge is 2.16. The van der Waals surface area contributed by atoms with Crippen molar-refractivity contribution in [1.29, 1.82) is 0 Å². The first-order chi connectivity index (χ1) is 11.7. The summed E-state index contributed by atoms with van der Waals surface area (Å²) < 4.78 is 0. The van der Waals surface area contributed by atoms with Crippen molar-refractivity contribution in [3.63, 3.8) is 0 Å². The Morgan fingerprint density at radius 3 is 2.71 bits per heavy atom. The standard InChI is InChI=1S/C21H20ClNO/c1-2-6-19(23-14-15-7-5-9-17(22)13-15)21-18-10-4-3-8-16(18)11-12-20(21)24/h3-5,7-14,19,24H,2,6H2,1H3. The number of halogens is 1. The van der Waals surface area contributed by atoms with Gasteiger partial charge in [0.15, 0.2) is 0 Å². The molecule has 1 atom stereocenters. The van der Waals surface area contributed by atoms with Crippen LogP contribution in [0.3, 0.4) is 0 Å². The second kappa shape index (κ2) is 7.50. The van der Waals surface area contributed by atoms with E-state index in [1.54, 1.807) is 6.07 Å². The maximum atomic E-state index is 10.5. The third-order valence-electron chi connectivity index (χ3n) is 4.10. The van der Waals surface area contributed by atoms with Gasteiger partial charge in [0, 0.05) is 16.8 Å². The van der Waals surface area contributed by atoms with Crippen molar-refractivity contribution in [1.82, 2.24) is 0 Å². The zero-order valence-electron chi connectivity index (χ0n) is 13.6. The van der Waals surface area contributed by atoms with E-state index in [1.165, 1.54) is 0 Å². The number of fused-ring (bicyclic) bond motifs is 1. The SMILES string of the molecule is CCCC(N=Cc1cccc(Cl)c1)c1c(O)ccc2ccccc12. The lowest BCUT2D eigenvalue weighted by Crippen LogP contribution is -1.99. The average molecular weight is 338 g/mol. The maximum absolute atomic E-state index is 10.5. The molecule has 0 fully saturated rings. The Bertz CT molecular complexity index is 873. The van der Waals surface area contributed by atoms with Gasteiger partial charge >= 0.3 is 0 Å². The van der Waals surface area contributed by atoms with E-state index < -0.39 is 0 Å². The highest BCUT2D eigenvalue weighted by molar-refractivity contribution is 6.30. The molecule has 0 saturated carbocycles. The molecule has 0 radical (unpaired) electrons. The molecule has 3 heteroatoms. The Labute approximate surface area is 147 Å². The van der Waals surface area contributed by atoms with Gasteiger partial charge in [0.05, 0.1) is 6.04 Å². The second-order valence-corrected chi connectivity index (χ2v) is 6.29. The number of hydrogen-bond acceptors (Lipinski definition) is 2. The topological polar surface area (TPSA) is 32.6 Å². The number of phenolic OH excluding ortho intramolecular Hbond substituents is 1. The zero-order chi connectivity index (χ0) is 16.9. The van der Waals surface area contributed by atoms with Gasteiger partial charge in [-0.15, -0.1) is 0 Å². The lowest BCUT2D eigenvalue weighted by Gasteiger charge is -2.16. The summed E-state index contributed by atoms with van der Waals surface area (Å²) in [6, 6.07) is 19.3. The van der Waals surface area contributed by atoms with Crippen LogP contribution in [0, 0.1) is 0 Å². The highest BCUT2D eigenvalue weighted by Crippen LogP contribution is 2.36. The van der Waals surface area contributed by atoms with E-state index in [9.17, 15) is 5.11 Å². The normalized spacial score (nSPS) is 12.8. The molecule has 1 N–H and O–H groups in total. The number of phenols is 1. The van der Waals surface area contributed by atoms with Crippen LogP contribution in [0.15, 0.2) is 65.7 Å². The Hall–Kier alpha value is -2.32. The van der Waals surface area contributed by atoms with Crippen molar-refractivity contribution in [3.05, 3.63) is 76.8 Å². The quantitative estimate of drug-likeness (QED) is 0.555. The molecule has 0 bridgehead atoms. The summed E-state index contributed by atoms with van der Waals surface area (Å²) in [5, 5.41) is 13.3. The van der Waals surface area contributed by atoms with Crippen molar-refractivity contribution in [2.45, 2.75) is 25.8 Å². The van der Waals surface area contributed by atoms with Crippen molar-refractivity contribution in [3.8, 4) is 5.75 Å². The Kier molecular flexibility index (Phi) is 5.17. The van der Waals surface area contributed by atoms with Gasteiger partial charge in [-0.3, -0.25) is 4.99 Å². The van der Waals surface area contributed by atoms with Crippen LogP contribution >= 0.6 is 11.6 Å². The lowest BCUT2D eigenvalue weighted by atomic mass is 9.95. The van der Waals surface area contributed by atoms with E-state index in [1.807, 2.05) is 54.7 Å². The van der Waals surface area contributed by atoms with Crippen LogP contribution < -0.4 is 0 Å². The molecule has 0 spiro atoms. The second-order valence-electron chi connectivity index (χ2n) is 5.86. The number of aromatic hydroxyl groups is 1. The van der Waals surface area contributed by atoms with E-state index in [4.69, 9.17) is 16.6 Å². The van der Waals surface area contributed by atoms with Crippen LogP contribution in [-0.2, 0) is 0 Å². The van der Waals surface area contributed by atoms with Crippen LogP contribution in [0.5, 0.6) is 5.75 Å². The minimum atomic E-state index is -0.0833. The zero-order valence-corrected chi connectivity index (χ0v) is 14.4. The predicted molar refractivity (Wildman–Crippen MR) is 102 cm³/mol. The molecule has 0 heterocycles. The fourth-order valence-electron chi connectivity index (χ4n) is 2.96. The molecule has 24 heavy (non-hydrogen) atoms. The van der Waals surface area contributed by atoms with Crippen LogP contribution in [-0.4, -0.2) is 11.3 Å². The highest BCUT2D eigenvalue weighted by atomic mass is 35.5. The number of hydrogen-bond donors (Lipinski definition) is 1. The molecule has 0 amide bonds. The van der Waals surface area contributed by atoms with E-state index in [0.717, 1.165) is 34.7 Å². The molecule has 3 rings (SSSR count). The molecule has 0 aliphatic rings. The number of aliphatic imine (C=N–C) groups is 1. The van der Waals surface area contributed by atoms with Crippen LogP contribution in [0.1, 0.15) is 36.9 Å². The number of nitrogens with zero attached hydrogens (tertiary/aromatic N) is 1. The van der Waals surface area contributed by atoms with Gasteiger partial charge in [-0.2, -0.15) is 0 Å². The van der Waals surface area contributed by atoms with Gasteiger partial charge in [-0.05, 0) is 41.0 Å². The summed E-state index contributed by atoms with van der Waals surface area (Å²) >= 11 is 6.04. The molecular weight excluding hydrogens is 318 g/mol. The molecular formula is C21H20ClNO. The summed E-state index contributed by atoms with van der Waals surface area (Å²) in [6.07, 6.45) is 3.70. The Morgan fingerprint density at radius 1 is 1.08 bits per heavy atom. The van der Waals surface area contributed by atoms with E-state index in [0.29, 0.717) is 10.8 Å². The molecule has 1 unspecified atom stereocenters. The molecule has 122 valence electrons. The molecule has 0 aromatic heterocycles. The smallest absolute Gasteiger partial charge is 0.121 e. The molecule has 3 aromatic rings. The van der Waals surface area contributed by atoms with Gasteiger partial charge in [-0.25, -0.2) is 0 Å². The predicted octanol–water partition coefficient (Wildman–Crippen LogP) is 6.16. The first kappa shape index (κ1) is 16.5. The van der Waals surface area contributed by atoms with Gasteiger partial charge in [0.2, 0.25) is 0 Å². The molecule has 3 aromatic carbocycles. The van der Waals surface area contributed by atoms with Crippen LogP contribution in [0.25, 0.3) is 10.8 Å². The summed E-state index contributed by atoms with van der Waals surface area (Å²) in [7, 11) is 0. The average Bonchev–Trinajstić information content (AvgIpc) is 2.59. The Morgan fingerprint density at radius 2 is 1.92 bits per heavy atom. The van der Waals surface area contributed by atoms with Crippen molar-refractivity contribution >= 4 is 28.6 Å². The molecule has 0 aliphatic carbocycles. The number of benzene rings is 3. The van der Waals surface area contributed by atoms with E-state index in [2.05, 4.69) is 13.0 Å². The lowest BCUT2D eigenvalue weighted by molar-refractivity contribution is 0.460. The van der Waals surface area contributed by atoms with Crippen LogP contribution in [0.4, 0.5) is 0 Å². The first-order valence-corrected chi connectivity index (χ1v) is 8.56. The van der Waals surface area contributed by atoms with Crippen molar-refractivity contribution in [2.24, 2.45) is 4.99 Å². The van der Waals surface area contributed by atoms with Gasteiger partial charge < -0.3 is 5.11 Å². The Balaban J connectivity index is 2.04. The number of rotatable bonds is 5. The van der Waals surface area contributed by atoms with Gasteiger partial charge in [0.1, 0.15) is 5.75 Å².